The third-order valence-electron chi connectivity index (χ3n) is 3.39. The van der Waals surface area contributed by atoms with E-state index in [2.05, 4.69) is 18.9 Å². The Kier molecular flexibility index (Phi) is 5.39. The summed E-state index contributed by atoms with van der Waals surface area (Å²) in [6, 6.07) is 9.80. The van der Waals surface area contributed by atoms with E-state index in [1.54, 1.807) is 6.20 Å². The first kappa shape index (κ1) is 16.0. The molecule has 0 bridgehead atoms. The van der Waals surface area contributed by atoms with Gasteiger partial charge in [-0.25, -0.2) is 0 Å². The molecule has 0 spiro atoms. The molecule has 0 aliphatic heterocycles. The molecule has 2 unspecified atom stereocenters. The number of nitrogens with zero attached hydrogens (tertiary/aromatic N) is 2. The first-order valence-corrected chi connectivity index (χ1v) is 7.59. The van der Waals surface area contributed by atoms with Crippen molar-refractivity contribution in [2.24, 2.45) is 5.73 Å². The van der Waals surface area contributed by atoms with Gasteiger partial charge < -0.3 is 10.5 Å². The van der Waals surface area contributed by atoms with Crippen LogP contribution in [0.5, 0.6) is 0 Å². The molecule has 0 radical (unpaired) electrons. The number of halogens is 1. The second-order valence-corrected chi connectivity index (χ2v) is 5.64. The lowest BCUT2D eigenvalue weighted by Crippen LogP contribution is -2.26. The minimum absolute atomic E-state index is 0.191. The lowest BCUT2D eigenvalue weighted by atomic mass is 10.00. The van der Waals surface area contributed by atoms with Crippen LogP contribution in [-0.4, -0.2) is 16.4 Å². The van der Waals surface area contributed by atoms with E-state index in [0.717, 1.165) is 11.3 Å². The Labute approximate surface area is 130 Å². The fraction of sp³-hybridized carbons (Fsp3) is 0.438. The zero-order valence-electron chi connectivity index (χ0n) is 12.7. The summed E-state index contributed by atoms with van der Waals surface area (Å²) >= 11 is 6.30. The summed E-state index contributed by atoms with van der Waals surface area (Å²) in [5.41, 5.74) is 8.33. The van der Waals surface area contributed by atoms with Crippen molar-refractivity contribution in [3.63, 3.8) is 0 Å². The van der Waals surface area contributed by atoms with Gasteiger partial charge in [0.05, 0.1) is 23.0 Å². The number of nitrogens with two attached hydrogens (primary N) is 1. The van der Waals surface area contributed by atoms with Crippen LogP contribution in [0.1, 0.15) is 50.2 Å². The Morgan fingerprint density at radius 1 is 1.29 bits per heavy atom. The van der Waals surface area contributed by atoms with Gasteiger partial charge in [0.2, 0.25) is 0 Å². The maximum atomic E-state index is 6.47. The van der Waals surface area contributed by atoms with Gasteiger partial charge in [0.25, 0.3) is 0 Å². The van der Waals surface area contributed by atoms with Crippen molar-refractivity contribution >= 4 is 11.6 Å². The number of benzene rings is 1. The summed E-state index contributed by atoms with van der Waals surface area (Å²) in [5.74, 6) is 0. The molecule has 1 heterocycles. The van der Waals surface area contributed by atoms with Gasteiger partial charge in [-0.1, -0.05) is 41.9 Å². The highest BCUT2D eigenvalue weighted by atomic mass is 35.5. The van der Waals surface area contributed by atoms with Crippen molar-refractivity contribution in [1.82, 2.24) is 9.78 Å². The van der Waals surface area contributed by atoms with Crippen molar-refractivity contribution in [1.29, 1.82) is 0 Å². The van der Waals surface area contributed by atoms with Gasteiger partial charge in [-0.3, -0.25) is 4.68 Å². The smallest absolute Gasteiger partial charge is 0.103 e. The Balaban J connectivity index is 2.40. The lowest BCUT2D eigenvalue weighted by molar-refractivity contribution is 0.0406. The number of hydrogen-bond acceptors (Lipinski definition) is 3. The summed E-state index contributed by atoms with van der Waals surface area (Å²) in [5, 5.41) is 4.90. The Bertz CT molecular complexity index is 568. The fourth-order valence-electron chi connectivity index (χ4n) is 2.45. The predicted molar refractivity (Wildman–Crippen MR) is 85.4 cm³/mol. The molecule has 21 heavy (non-hydrogen) atoms. The molecule has 1 aromatic heterocycles. The van der Waals surface area contributed by atoms with E-state index in [-0.39, 0.29) is 18.2 Å². The van der Waals surface area contributed by atoms with E-state index >= 15 is 0 Å². The first-order valence-electron chi connectivity index (χ1n) is 7.21. The second-order valence-electron chi connectivity index (χ2n) is 5.23. The van der Waals surface area contributed by atoms with Crippen molar-refractivity contribution in [2.75, 3.05) is 6.61 Å². The Morgan fingerprint density at radius 2 is 1.95 bits per heavy atom. The van der Waals surface area contributed by atoms with Crippen LogP contribution in [0, 0.1) is 0 Å². The van der Waals surface area contributed by atoms with Crippen molar-refractivity contribution in [3.05, 3.63) is 52.8 Å². The SMILES string of the molecule is CCOC(c1ccccc1)C(N)c1c(Cl)cnn1C(C)C. The Morgan fingerprint density at radius 3 is 2.52 bits per heavy atom. The molecule has 2 aromatic rings. The molecule has 0 aliphatic carbocycles. The van der Waals surface area contributed by atoms with Gasteiger partial charge >= 0.3 is 0 Å². The zero-order valence-corrected chi connectivity index (χ0v) is 13.4. The maximum absolute atomic E-state index is 6.47. The summed E-state index contributed by atoms with van der Waals surface area (Å²) in [6.07, 6.45) is 1.40. The quantitative estimate of drug-likeness (QED) is 0.880. The minimum Gasteiger partial charge on any atom is -0.372 e. The van der Waals surface area contributed by atoms with Gasteiger partial charge in [0.15, 0.2) is 0 Å². The largest absolute Gasteiger partial charge is 0.372 e. The molecule has 1 aromatic carbocycles. The molecular weight excluding hydrogens is 286 g/mol. The molecule has 0 saturated heterocycles. The number of aromatic nitrogens is 2. The normalized spacial score (nSPS) is 14.4. The highest BCUT2D eigenvalue weighted by molar-refractivity contribution is 6.31. The lowest BCUT2D eigenvalue weighted by Gasteiger charge is -2.26. The second kappa shape index (κ2) is 7.07. The molecule has 0 aliphatic rings. The highest BCUT2D eigenvalue weighted by Gasteiger charge is 2.27. The van der Waals surface area contributed by atoms with Crippen LogP contribution in [0.4, 0.5) is 0 Å². The number of rotatable bonds is 6. The molecule has 2 N–H and O–H groups in total. The highest BCUT2D eigenvalue weighted by Crippen LogP contribution is 2.34. The monoisotopic (exact) mass is 307 g/mol. The number of ether oxygens (including phenoxy) is 1. The van der Waals surface area contributed by atoms with Gasteiger partial charge in [-0.15, -0.1) is 0 Å². The summed E-state index contributed by atoms with van der Waals surface area (Å²) in [4.78, 5) is 0. The molecule has 2 rings (SSSR count). The van der Waals surface area contributed by atoms with E-state index in [9.17, 15) is 0 Å². The molecule has 4 nitrogen and oxygen atoms in total. The molecule has 0 saturated carbocycles. The predicted octanol–water partition coefficient (Wildman–Crippen LogP) is 3.90. The third kappa shape index (κ3) is 3.46. The third-order valence-corrected chi connectivity index (χ3v) is 3.68. The van der Waals surface area contributed by atoms with Gasteiger partial charge in [0.1, 0.15) is 6.10 Å². The van der Waals surface area contributed by atoms with Crippen LogP contribution in [0.25, 0.3) is 0 Å². The van der Waals surface area contributed by atoms with Crippen LogP contribution in [0.15, 0.2) is 36.5 Å². The molecule has 0 fully saturated rings. The van der Waals surface area contributed by atoms with E-state index in [1.165, 1.54) is 0 Å². The van der Waals surface area contributed by atoms with Crippen LogP contribution in [0.2, 0.25) is 5.02 Å². The molecule has 5 heteroatoms. The molecule has 0 amide bonds. The minimum atomic E-state index is -0.371. The van der Waals surface area contributed by atoms with Crippen molar-refractivity contribution in [3.8, 4) is 0 Å². The average Bonchev–Trinajstić information content (AvgIpc) is 2.87. The van der Waals surface area contributed by atoms with Crippen LogP contribution >= 0.6 is 11.6 Å². The molecular formula is C16H22ClN3O. The maximum Gasteiger partial charge on any atom is 0.103 e. The zero-order chi connectivity index (χ0) is 15.4. The van der Waals surface area contributed by atoms with E-state index in [1.807, 2.05) is 41.9 Å². The topological polar surface area (TPSA) is 53.1 Å². The summed E-state index contributed by atoms with van der Waals surface area (Å²) in [7, 11) is 0. The van der Waals surface area contributed by atoms with E-state index in [4.69, 9.17) is 22.1 Å². The van der Waals surface area contributed by atoms with E-state index in [0.29, 0.717) is 11.6 Å². The van der Waals surface area contributed by atoms with Crippen LogP contribution in [0.3, 0.4) is 0 Å². The fourth-order valence-corrected chi connectivity index (χ4v) is 2.70. The number of hydrogen-bond donors (Lipinski definition) is 1. The van der Waals surface area contributed by atoms with Crippen molar-refractivity contribution < 1.29 is 4.74 Å². The van der Waals surface area contributed by atoms with Crippen LogP contribution in [-0.2, 0) is 4.74 Å². The van der Waals surface area contributed by atoms with Gasteiger partial charge in [0, 0.05) is 12.6 Å². The molecule has 114 valence electrons. The standard InChI is InChI=1S/C16H22ClN3O/c1-4-21-16(12-8-6-5-7-9-12)14(18)15-13(17)10-19-20(15)11(2)3/h5-11,14,16H,4,18H2,1-3H3. The molecule has 2 atom stereocenters. The van der Waals surface area contributed by atoms with Gasteiger partial charge in [-0.05, 0) is 26.3 Å². The summed E-state index contributed by atoms with van der Waals surface area (Å²) in [6.45, 7) is 6.65. The summed E-state index contributed by atoms with van der Waals surface area (Å²) < 4.78 is 7.74. The Hall–Kier alpha value is -1.36. The van der Waals surface area contributed by atoms with Crippen LogP contribution < -0.4 is 5.73 Å². The average molecular weight is 308 g/mol. The van der Waals surface area contributed by atoms with Crippen molar-refractivity contribution in [2.45, 2.75) is 39.0 Å². The van der Waals surface area contributed by atoms with E-state index < -0.39 is 0 Å². The first-order chi connectivity index (χ1) is 10.1. The van der Waals surface area contributed by atoms with Gasteiger partial charge in [-0.2, -0.15) is 5.10 Å².